The van der Waals surface area contributed by atoms with Crippen molar-refractivity contribution in [3.63, 3.8) is 0 Å². The Morgan fingerprint density at radius 3 is 2.44 bits per heavy atom. The highest BCUT2D eigenvalue weighted by Gasteiger charge is 2.35. The first-order valence-electron chi connectivity index (χ1n) is 7.33. The third-order valence-corrected chi connectivity index (χ3v) is 3.92. The minimum Gasteiger partial charge on any atom is -0.395 e. The van der Waals surface area contributed by atoms with Gasteiger partial charge in [0.15, 0.2) is 0 Å². The predicted molar refractivity (Wildman–Crippen MR) is 81.9 cm³/mol. The molecule has 3 aromatic heterocycles. The number of halogens is 3. The summed E-state index contributed by atoms with van der Waals surface area (Å²) in [6.45, 7) is 1.31. The van der Waals surface area contributed by atoms with Gasteiger partial charge in [0.2, 0.25) is 0 Å². The number of nitrogens with zero attached hydrogens (tertiary/aromatic N) is 5. The molecule has 0 aliphatic heterocycles. The van der Waals surface area contributed by atoms with Crippen LogP contribution in [0.25, 0.3) is 5.95 Å². The average molecular weight is 349 g/mol. The summed E-state index contributed by atoms with van der Waals surface area (Å²) in [7, 11) is 0. The summed E-state index contributed by atoms with van der Waals surface area (Å²) in [5, 5.41) is 13.9. The SMILES string of the molecule is CC(CO)(c1ccc(C(F)(F)F)nc1)c1ccnc(-n2cccn2)n1. The molecule has 0 bridgehead atoms. The van der Waals surface area contributed by atoms with Crippen molar-refractivity contribution >= 4 is 0 Å². The number of aliphatic hydroxyl groups excluding tert-OH is 1. The van der Waals surface area contributed by atoms with Crippen LogP contribution in [0.4, 0.5) is 13.2 Å². The Morgan fingerprint density at radius 2 is 1.88 bits per heavy atom. The van der Waals surface area contributed by atoms with E-state index in [1.165, 1.54) is 16.9 Å². The van der Waals surface area contributed by atoms with Gasteiger partial charge in [-0.1, -0.05) is 6.07 Å². The van der Waals surface area contributed by atoms with Crippen molar-refractivity contribution in [2.75, 3.05) is 6.61 Å². The molecule has 3 heterocycles. The van der Waals surface area contributed by atoms with Gasteiger partial charge in [-0.3, -0.25) is 4.98 Å². The minimum absolute atomic E-state index is 0.294. The van der Waals surface area contributed by atoms with Gasteiger partial charge in [-0.25, -0.2) is 14.6 Å². The van der Waals surface area contributed by atoms with E-state index < -0.39 is 17.3 Å². The van der Waals surface area contributed by atoms with E-state index in [9.17, 15) is 18.3 Å². The molecule has 0 radical (unpaired) electrons. The number of aromatic nitrogens is 5. The van der Waals surface area contributed by atoms with Gasteiger partial charge in [0.25, 0.3) is 5.95 Å². The molecular formula is C16H14F3N5O. The summed E-state index contributed by atoms with van der Waals surface area (Å²) in [5.74, 6) is 0.294. The molecule has 0 fully saturated rings. The van der Waals surface area contributed by atoms with E-state index in [0.717, 1.165) is 12.3 Å². The molecule has 0 aliphatic rings. The van der Waals surface area contributed by atoms with Crippen LogP contribution in [0.15, 0.2) is 49.1 Å². The topological polar surface area (TPSA) is 76.7 Å². The highest BCUT2D eigenvalue weighted by Crippen LogP contribution is 2.32. The van der Waals surface area contributed by atoms with E-state index in [-0.39, 0.29) is 6.61 Å². The second-order valence-electron chi connectivity index (χ2n) is 5.61. The summed E-state index contributed by atoms with van der Waals surface area (Å²) in [5.41, 5.74) is -1.18. The lowest BCUT2D eigenvalue weighted by molar-refractivity contribution is -0.141. The van der Waals surface area contributed by atoms with E-state index in [1.807, 2.05) is 0 Å². The molecule has 130 valence electrons. The number of hydrogen-bond donors (Lipinski definition) is 1. The van der Waals surface area contributed by atoms with E-state index >= 15 is 0 Å². The maximum absolute atomic E-state index is 12.7. The molecule has 1 N–H and O–H groups in total. The van der Waals surface area contributed by atoms with Gasteiger partial charge in [-0.05, 0) is 30.7 Å². The molecular weight excluding hydrogens is 335 g/mol. The Hall–Kier alpha value is -2.81. The maximum Gasteiger partial charge on any atom is 0.433 e. The summed E-state index contributed by atoms with van der Waals surface area (Å²) in [6.07, 6.45) is 1.33. The first-order chi connectivity index (χ1) is 11.8. The number of alkyl halides is 3. The van der Waals surface area contributed by atoms with Crippen LogP contribution in [0, 0.1) is 0 Å². The average Bonchev–Trinajstić information content (AvgIpc) is 3.15. The predicted octanol–water partition coefficient (Wildman–Crippen LogP) is 2.37. The number of pyridine rings is 1. The fourth-order valence-electron chi connectivity index (χ4n) is 2.36. The second-order valence-corrected chi connectivity index (χ2v) is 5.61. The highest BCUT2D eigenvalue weighted by molar-refractivity contribution is 5.35. The zero-order valence-electron chi connectivity index (χ0n) is 13.1. The van der Waals surface area contributed by atoms with Gasteiger partial charge in [-0.2, -0.15) is 18.3 Å². The molecule has 0 aromatic carbocycles. The van der Waals surface area contributed by atoms with E-state index in [2.05, 4.69) is 20.1 Å². The third-order valence-electron chi connectivity index (χ3n) is 3.92. The summed E-state index contributed by atoms with van der Waals surface area (Å²) < 4.78 is 39.5. The van der Waals surface area contributed by atoms with Crippen LogP contribution in [0.1, 0.15) is 23.9 Å². The second kappa shape index (κ2) is 6.25. The molecule has 0 spiro atoms. The summed E-state index contributed by atoms with van der Waals surface area (Å²) in [6, 6.07) is 5.49. The molecule has 1 unspecified atom stereocenters. The molecule has 25 heavy (non-hydrogen) atoms. The fraction of sp³-hybridized carbons (Fsp3) is 0.250. The van der Waals surface area contributed by atoms with Crippen molar-refractivity contribution in [2.45, 2.75) is 18.5 Å². The van der Waals surface area contributed by atoms with Gasteiger partial charge in [-0.15, -0.1) is 0 Å². The van der Waals surface area contributed by atoms with Crippen molar-refractivity contribution in [3.8, 4) is 5.95 Å². The van der Waals surface area contributed by atoms with E-state index in [0.29, 0.717) is 17.2 Å². The van der Waals surface area contributed by atoms with E-state index in [4.69, 9.17) is 0 Å². The standard InChI is InChI=1S/C16H14F3N5O/c1-15(10-25,11-3-4-13(21-9-11)16(17,18)19)12-5-7-20-14(23-12)24-8-2-6-22-24/h2-9,25H,10H2,1H3. The zero-order valence-corrected chi connectivity index (χ0v) is 13.1. The van der Waals surface area contributed by atoms with Crippen molar-refractivity contribution < 1.29 is 18.3 Å². The fourth-order valence-corrected chi connectivity index (χ4v) is 2.36. The number of rotatable bonds is 4. The number of hydrogen-bond acceptors (Lipinski definition) is 5. The molecule has 1 atom stereocenters. The van der Waals surface area contributed by atoms with Crippen molar-refractivity contribution in [3.05, 3.63) is 66.0 Å². The van der Waals surface area contributed by atoms with Crippen LogP contribution in [-0.2, 0) is 11.6 Å². The van der Waals surface area contributed by atoms with Crippen LogP contribution in [-0.4, -0.2) is 36.4 Å². The van der Waals surface area contributed by atoms with Crippen LogP contribution >= 0.6 is 0 Å². The van der Waals surface area contributed by atoms with Gasteiger partial charge in [0.1, 0.15) is 5.69 Å². The van der Waals surface area contributed by atoms with Crippen molar-refractivity contribution in [1.29, 1.82) is 0 Å². The molecule has 0 saturated heterocycles. The lowest BCUT2D eigenvalue weighted by Crippen LogP contribution is -2.30. The Balaban J connectivity index is 2.02. The molecule has 0 aliphatic carbocycles. The molecule has 3 rings (SSSR count). The Bertz CT molecular complexity index is 849. The maximum atomic E-state index is 12.7. The molecule has 6 nitrogen and oxygen atoms in total. The van der Waals surface area contributed by atoms with Crippen LogP contribution in [0.2, 0.25) is 0 Å². The highest BCUT2D eigenvalue weighted by atomic mass is 19.4. The van der Waals surface area contributed by atoms with Crippen LogP contribution in [0.3, 0.4) is 0 Å². The summed E-state index contributed by atoms with van der Waals surface area (Å²) >= 11 is 0. The molecule has 9 heteroatoms. The summed E-state index contributed by atoms with van der Waals surface area (Å²) in [4.78, 5) is 12.0. The quantitative estimate of drug-likeness (QED) is 0.783. The van der Waals surface area contributed by atoms with Gasteiger partial charge in [0.05, 0.1) is 17.7 Å². The van der Waals surface area contributed by atoms with Gasteiger partial charge < -0.3 is 5.11 Å². The molecule has 0 saturated carbocycles. The number of aliphatic hydroxyl groups is 1. The monoisotopic (exact) mass is 349 g/mol. The zero-order chi connectivity index (χ0) is 18.1. The van der Waals surface area contributed by atoms with Crippen LogP contribution < -0.4 is 0 Å². The Morgan fingerprint density at radius 1 is 1.08 bits per heavy atom. The Kier molecular flexibility index (Phi) is 4.25. The molecule has 0 amide bonds. The third kappa shape index (κ3) is 3.22. The van der Waals surface area contributed by atoms with Gasteiger partial charge >= 0.3 is 6.18 Å². The van der Waals surface area contributed by atoms with Crippen LogP contribution in [0.5, 0.6) is 0 Å². The first kappa shape index (κ1) is 17.0. The first-order valence-corrected chi connectivity index (χ1v) is 7.33. The van der Waals surface area contributed by atoms with E-state index in [1.54, 1.807) is 31.5 Å². The van der Waals surface area contributed by atoms with Crippen molar-refractivity contribution in [2.24, 2.45) is 0 Å². The molecule has 3 aromatic rings. The van der Waals surface area contributed by atoms with Gasteiger partial charge in [0, 0.05) is 24.8 Å². The Labute approximate surface area is 141 Å². The lowest BCUT2D eigenvalue weighted by atomic mass is 9.81. The largest absolute Gasteiger partial charge is 0.433 e. The van der Waals surface area contributed by atoms with Crippen molar-refractivity contribution in [1.82, 2.24) is 24.7 Å². The smallest absolute Gasteiger partial charge is 0.395 e. The normalized spacial score (nSPS) is 14.3. The minimum atomic E-state index is -4.52. The lowest BCUT2D eigenvalue weighted by Gasteiger charge is -2.27.